The van der Waals surface area contributed by atoms with Crippen molar-refractivity contribution in [2.75, 3.05) is 53.5 Å². The van der Waals surface area contributed by atoms with Crippen LogP contribution in [0.1, 0.15) is 16.7 Å². The van der Waals surface area contributed by atoms with Crippen molar-refractivity contribution in [3.05, 3.63) is 58.9 Å². The molecule has 1 unspecified atom stereocenters. The van der Waals surface area contributed by atoms with Gasteiger partial charge in [-0.15, -0.1) is 0 Å². The largest absolute Gasteiger partial charge is 0.497 e. The van der Waals surface area contributed by atoms with Gasteiger partial charge in [0.2, 0.25) is 0 Å². The lowest BCUT2D eigenvalue weighted by Gasteiger charge is -2.33. The maximum atomic E-state index is 13.5. The number of benzene rings is 2. The normalized spacial score (nSPS) is 16.3. The summed E-state index contributed by atoms with van der Waals surface area (Å²) in [6.45, 7) is 7.86. The number of methoxy groups -OCH3 is 1. The summed E-state index contributed by atoms with van der Waals surface area (Å²) in [6, 6.07) is 10.5. The van der Waals surface area contributed by atoms with Crippen LogP contribution in [0.3, 0.4) is 0 Å². The van der Waals surface area contributed by atoms with Gasteiger partial charge < -0.3 is 24.8 Å². The van der Waals surface area contributed by atoms with Crippen molar-refractivity contribution in [3.8, 4) is 11.5 Å². The molecule has 0 saturated carbocycles. The van der Waals surface area contributed by atoms with Crippen molar-refractivity contribution in [3.63, 3.8) is 0 Å². The van der Waals surface area contributed by atoms with Gasteiger partial charge in [0.1, 0.15) is 30.0 Å². The molecule has 0 radical (unpaired) electrons. The molecule has 0 aliphatic carbocycles. The number of aliphatic hydroxyl groups excluding tert-OH is 1. The van der Waals surface area contributed by atoms with Gasteiger partial charge in [-0.1, -0.05) is 12.1 Å². The molecule has 170 valence electrons. The fourth-order valence-corrected chi connectivity index (χ4v) is 3.67. The van der Waals surface area contributed by atoms with Crippen LogP contribution in [-0.4, -0.2) is 74.5 Å². The van der Waals surface area contributed by atoms with E-state index in [9.17, 15) is 9.50 Å². The van der Waals surface area contributed by atoms with Crippen LogP contribution in [0.15, 0.2) is 36.4 Å². The lowest BCUT2D eigenvalue weighted by Crippen LogP contribution is -2.47. The molecule has 2 aromatic carbocycles. The van der Waals surface area contributed by atoms with Crippen LogP contribution >= 0.6 is 0 Å². The van der Waals surface area contributed by atoms with E-state index in [4.69, 9.17) is 9.47 Å². The molecule has 3 rings (SSSR count). The molecule has 0 aromatic heterocycles. The Labute approximate surface area is 184 Å². The van der Waals surface area contributed by atoms with Crippen LogP contribution in [0.25, 0.3) is 0 Å². The van der Waals surface area contributed by atoms with E-state index in [1.165, 1.54) is 6.07 Å². The Hall–Kier alpha value is -2.19. The van der Waals surface area contributed by atoms with Gasteiger partial charge in [0.25, 0.3) is 0 Å². The Morgan fingerprint density at radius 2 is 1.81 bits per heavy atom. The Kier molecular flexibility index (Phi) is 8.66. The number of β-amino-alcohol motifs (C(OH)–C–C–N with tert-alkyl or cyclic N) is 1. The summed E-state index contributed by atoms with van der Waals surface area (Å²) in [7, 11) is 3.73. The molecular formula is C24H34FN3O3. The van der Waals surface area contributed by atoms with Gasteiger partial charge in [0.05, 0.1) is 7.11 Å². The number of hydrogen-bond acceptors (Lipinski definition) is 6. The molecule has 1 aliphatic rings. The average molecular weight is 432 g/mol. The number of rotatable bonds is 10. The van der Waals surface area contributed by atoms with Gasteiger partial charge >= 0.3 is 0 Å². The number of ether oxygens (including phenoxy) is 2. The third-order valence-corrected chi connectivity index (χ3v) is 5.71. The summed E-state index contributed by atoms with van der Waals surface area (Å²) < 4.78 is 24.8. The Morgan fingerprint density at radius 3 is 2.55 bits per heavy atom. The van der Waals surface area contributed by atoms with Crippen LogP contribution in [0.4, 0.5) is 4.39 Å². The highest BCUT2D eigenvalue weighted by molar-refractivity contribution is 5.41. The third-order valence-electron chi connectivity index (χ3n) is 5.71. The first-order chi connectivity index (χ1) is 14.9. The minimum atomic E-state index is -0.564. The van der Waals surface area contributed by atoms with Crippen molar-refractivity contribution in [2.45, 2.75) is 26.1 Å². The van der Waals surface area contributed by atoms with Gasteiger partial charge in [-0.2, -0.15) is 0 Å². The second-order valence-corrected chi connectivity index (χ2v) is 8.22. The lowest BCUT2D eigenvalue weighted by molar-refractivity contribution is 0.0501. The lowest BCUT2D eigenvalue weighted by atomic mass is 10.1. The molecule has 31 heavy (non-hydrogen) atoms. The predicted molar refractivity (Wildman–Crippen MR) is 120 cm³/mol. The highest BCUT2D eigenvalue weighted by Crippen LogP contribution is 2.25. The molecule has 1 saturated heterocycles. The minimum absolute atomic E-state index is 0.218. The van der Waals surface area contributed by atoms with E-state index in [-0.39, 0.29) is 12.4 Å². The summed E-state index contributed by atoms with van der Waals surface area (Å²) in [5.41, 5.74) is 2.94. The zero-order valence-corrected chi connectivity index (χ0v) is 18.7. The van der Waals surface area contributed by atoms with E-state index in [1.807, 2.05) is 25.1 Å². The molecular weight excluding hydrogens is 397 g/mol. The van der Waals surface area contributed by atoms with Gasteiger partial charge in [-0.3, -0.25) is 4.90 Å². The van der Waals surface area contributed by atoms with Crippen molar-refractivity contribution >= 4 is 0 Å². The Bertz CT molecular complexity index is 841. The first-order valence-corrected chi connectivity index (χ1v) is 10.8. The zero-order chi connectivity index (χ0) is 22.2. The number of nitrogens with one attached hydrogen (secondary N) is 1. The summed E-state index contributed by atoms with van der Waals surface area (Å²) in [5, 5.41) is 13.8. The Balaban J connectivity index is 1.55. The third kappa shape index (κ3) is 7.18. The quantitative estimate of drug-likeness (QED) is 0.603. The average Bonchev–Trinajstić information content (AvgIpc) is 2.77. The number of halogens is 1. The zero-order valence-electron chi connectivity index (χ0n) is 18.7. The molecule has 0 amide bonds. The molecule has 0 spiro atoms. The van der Waals surface area contributed by atoms with E-state index in [0.29, 0.717) is 31.1 Å². The van der Waals surface area contributed by atoms with Gasteiger partial charge in [-0.05, 0) is 43.3 Å². The van der Waals surface area contributed by atoms with E-state index < -0.39 is 6.10 Å². The number of likely N-dealkylation sites (N-methyl/N-ethyl adjacent to an activating group) is 1. The van der Waals surface area contributed by atoms with Crippen LogP contribution in [0.5, 0.6) is 11.5 Å². The van der Waals surface area contributed by atoms with Crippen molar-refractivity contribution in [1.82, 2.24) is 15.1 Å². The predicted octanol–water partition coefficient (Wildman–Crippen LogP) is 2.42. The molecule has 0 bridgehead atoms. The van der Waals surface area contributed by atoms with Crippen LogP contribution in [0, 0.1) is 12.7 Å². The maximum absolute atomic E-state index is 13.5. The summed E-state index contributed by atoms with van der Waals surface area (Å²) in [6.07, 6.45) is -0.564. The minimum Gasteiger partial charge on any atom is -0.497 e. The van der Waals surface area contributed by atoms with Gasteiger partial charge in [0, 0.05) is 57.4 Å². The second kappa shape index (κ2) is 11.4. The maximum Gasteiger partial charge on any atom is 0.127 e. The van der Waals surface area contributed by atoms with Crippen LogP contribution in [0.2, 0.25) is 0 Å². The summed E-state index contributed by atoms with van der Waals surface area (Å²) >= 11 is 0. The number of piperazine rings is 1. The summed E-state index contributed by atoms with van der Waals surface area (Å²) in [4.78, 5) is 4.56. The molecule has 1 fully saturated rings. The molecule has 1 heterocycles. The second-order valence-electron chi connectivity index (χ2n) is 8.22. The summed E-state index contributed by atoms with van der Waals surface area (Å²) in [5.74, 6) is 1.15. The highest BCUT2D eigenvalue weighted by atomic mass is 19.1. The Morgan fingerprint density at radius 1 is 1.06 bits per heavy atom. The van der Waals surface area contributed by atoms with Gasteiger partial charge in [0.15, 0.2) is 0 Å². The first kappa shape index (κ1) is 23.5. The van der Waals surface area contributed by atoms with E-state index in [2.05, 4.69) is 22.2 Å². The number of aryl methyl sites for hydroxylation is 1. The van der Waals surface area contributed by atoms with E-state index in [0.717, 1.165) is 42.9 Å². The van der Waals surface area contributed by atoms with Crippen molar-refractivity contribution in [2.24, 2.45) is 0 Å². The smallest absolute Gasteiger partial charge is 0.127 e. The fraction of sp³-hybridized carbons (Fsp3) is 0.500. The SMILES string of the molecule is COc1ccc(CNCc2cc(F)ccc2C)c(OCC(O)CN2CCN(C)CC2)c1. The fourth-order valence-electron chi connectivity index (χ4n) is 3.67. The number of aliphatic hydroxyl groups is 1. The molecule has 2 aromatic rings. The number of nitrogens with zero attached hydrogens (tertiary/aromatic N) is 2. The highest BCUT2D eigenvalue weighted by Gasteiger charge is 2.18. The molecule has 1 aliphatic heterocycles. The van der Waals surface area contributed by atoms with Gasteiger partial charge in [-0.25, -0.2) is 4.39 Å². The van der Waals surface area contributed by atoms with E-state index in [1.54, 1.807) is 19.2 Å². The van der Waals surface area contributed by atoms with Crippen LogP contribution in [-0.2, 0) is 13.1 Å². The standard InChI is InChI=1S/C24H34FN3O3/c1-18-4-6-21(25)12-20(18)15-26-14-19-5-7-23(30-3)13-24(19)31-17-22(29)16-28-10-8-27(2)9-11-28/h4-7,12-13,22,26,29H,8-11,14-17H2,1-3H3. The number of hydrogen-bond donors (Lipinski definition) is 2. The molecule has 2 N–H and O–H groups in total. The van der Waals surface area contributed by atoms with E-state index >= 15 is 0 Å². The van der Waals surface area contributed by atoms with Crippen LogP contribution < -0.4 is 14.8 Å². The van der Waals surface area contributed by atoms with Crippen molar-refractivity contribution in [1.29, 1.82) is 0 Å². The first-order valence-electron chi connectivity index (χ1n) is 10.8. The molecule has 6 nitrogen and oxygen atoms in total. The molecule has 1 atom stereocenters. The topological polar surface area (TPSA) is 57.2 Å². The monoisotopic (exact) mass is 431 g/mol. The van der Waals surface area contributed by atoms with Crippen molar-refractivity contribution < 1.29 is 19.0 Å². The molecule has 7 heteroatoms.